The summed E-state index contributed by atoms with van der Waals surface area (Å²) in [5, 5.41) is 40.2. The summed E-state index contributed by atoms with van der Waals surface area (Å²) >= 11 is 0. The fraction of sp³-hybridized carbons (Fsp3) is 0.411. The van der Waals surface area contributed by atoms with E-state index in [1.165, 1.54) is 99.6 Å². The van der Waals surface area contributed by atoms with Crippen LogP contribution in [0.3, 0.4) is 0 Å². The summed E-state index contributed by atoms with van der Waals surface area (Å²) < 4.78 is 125. The van der Waals surface area contributed by atoms with Gasteiger partial charge in [-0.3, -0.25) is 4.79 Å². The van der Waals surface area contributed by atoms with Crippen LogP contribution in [-0.2, 0) is 81.2 Å². The third-order valence-electron chi connectivity index (χ3n) is 32.2. The average Bonchev–Trinajstić information content (AvgIpc) is 1.66. The zero-order chi connectivity index (χ0) is 92.7. The van der Waals surface area contributed by atoms with Crippen molar-refractivity contribution in [2.45, 2.75) is 191 Å². The van der Waals surface area contributed by atoms with Crippen molar-refractivity contribution in [1.82, 2.24) is 59.5 Å². The largest absolute Gasteiger partial charge is 0.386 e. The number of hydrogen-bond acceptors (Lipinski definition) is 16. The molecule has 23 nitrogen and oxygen atoms in total. The Hall–Kier alpha value is -11.7. The lowest BCUT2D eigenvalue weighted by molar-refractivity contribution is -0.249. The first-order valence-corrected chi connectivity index (χ1v) is 47.4. The van der Waals surface area contributed by atoms with E-state index in [9.17, 15) is 36.6 Å². The third-order valence-corrected chi connectivity index (χ3v) is 32.2. The lowest BCUT2D eigenvalue weighted by Gasteiger charge is -2.55. The van der Waals surface area contributed by atoms with Crippen molar-refractivity contribution < 1.29 is 74.5 Å². The van der Waals surface area contributed by atoms with Gasteiger partial charge in [-0.15, -0.1) is 0 Å². The Morgan fingerprint density at radius 1 is 0.356 bits per heavy atom. The van der Waals surface area contributed by atoms with Gasteiger partial charge in [0.15, 0.2) is 28.9 Å². The quantitative estimate of drug-likeness (QED) is 0.126. The normalized spacial score (nSPS) is 27.6. The van der Waals surface area contributed by atoms with Gasteiger partial charge in [-0.1, -0.05) is 67.8 Å². The number of ether oxygens (including phenoxy) is 8. The first-order chi connectivity index (χ1) is 65.2. The second-order valence-corrected chi connectivity index (χ2v) is 39.7. The van der Waals surface area contributed by atoms with E-state index in [1.54, 1.807) is 70.0 Å². The summed E-state index contributed by atoms with van der Waals surface area (Å²) in [7, 11) is 0. The predicted octanol–water partition coefficient (Wildman–Crippen LogP) is 18.5. The summed E-state index contributed by atoms with van der Waals surface area (Å²) in [6, 6.07) is 42.4. The van der Waals surface area contributed by atoms with E-state index in [0.717, 1.165) is 163 Å². The van der Waals surface area contributed by atoms with Crippen molar-refractivity contribution in [3.63, 3.8) is 0 Å². The number of Topliss-reactive ketones (excluding diaryl/α,β-unsaturated/α-hetero) is 1. The van der Waals surface area contributed by atoms with Gasteiger partial charge < -0.3 is 53.6 Å². The minimum atomic E-state index is -0.940. The van der Waals surface area contributed by atoms with Gasteiger partial charge in [0, 0.05) is 60.5 Å². The van der Waals surface area contributed by atoms with Crippen LogP contribution in [0.4, 0.5) is 26.7 Å². The molecule has 0 radical (unpaired) electrons. The van der Waals surface area contributed by atoms with Crippen molar-refractivity contribution in [3.05, 3.63) is 301 Å². The van der Waals surface area contributed by atoms with Crippen molar-refractivity contribution in [2.75, 3.05) is 59.4 Å². The average molecular weight is 1830 g/mol. The summed E-state index contributed by atoms with van der Waals surface area (Å²) in [6.07, 6.45) is 36.3. The maximum Gasteiger partial charge on any atom is 0.315 e. The molecule has 135 heavy (non-hydrogen) atoms. The summed E-state index contributed by atoms with van der Waals surface area (Å²) in [4.78, 5) is 24.6. The second-order valence-electron chi connectivity index (χ2n) is 39.7. The molecule has 5 spiro atoms. The first kappa shape index (κ1) is 88.6. The molecule has 11 aromatic rings. The number of nitrogens with zero attached hydrogens (tertiary/aromatic N) is 10. The van der Waals surface area contributed by atoms with Crippen molar-refractivity contribution in [2.24, 2.45) is 27.1 Å². The van der Waals surface area contributed by atoms with Crippen LogP contribution < -0.4 is 10.6 Å². The molecule has 10 aliphatic carbocycles. The first-order valence-electron chi connectivity index (χ1n) is 47.4. The molecule has 7 atom stereocenters. The number of benzene rings is 6. The van der Waals surface area contributed by atoms with Crippen LogP contribution in [0.25, 0.3) is 58.8 Å². The molecule has 2 unspecified atom stereocenters. The van der Waals surface area contributed by atoms with E-state index in [0.29, 0.717) is 97.9 Å². The highest BCUT2D eigenvalue weighted by Gasteiger charge is 2.66. The van der Waals surface area contributed by atoms with Gasteiger partial charge in [0.25, 0.3) is 0 Å². The van der Waals surface area contributed by atoms with Crippen LogP contribution in [0.1, 0.15) is 180 Å². The van der Waals surface area contributed by atoms with Gasteiger partial charge in [0.05, 0.1) is 163 Å². The molecule has 2 amide bonds. The molecular formula is C107H109F5N12O11. The van der Waals surface area contributed by atoms with E-state index >= 15 is 0 Å². The number of carbonyl (C=O) groups is 2. The van der Waals surface area contributed by atoms with Crippen LogP contribution >= 0.6 is 0 Å². The van der Waals surface area contributed by atoms with Crippen molar-refractivity contribution in [1.29, 1.82) is 0 Å². The minimum Gasteiger partial charge on any atom is -0.386 e. The van der Waals surface area contributed by atoms with Crippen LogP contribution in [0.5, 0.6) is 0 Å². The van der Waals surface area contributed by atoms with E-state index in [-0.39, 0.29) is 62.7 Å². The Balaban J connectivity index is 0.0000000982. The molecule has 0 bridgehead atoms. The zero-order valence-electron chi connectivity index (χ0n) is 76.4. The molecule has 5 aliphatic heterocycles. The topological polar surface area (TPSA) is 241 Å². The molecule has 6 aromatic carbocycles. The van der Waals surface area contributed by atoms with Crippen molar-refractivity contribution in [3.8, 4) is 28.4 Å². The molecule has 28 heteroatoms. The fourth-order valence-corrected chi connectivity index (χ4v) is 25.1. The molecular weight excluding hydrogens is 1720 g/mol. The molecule has 15 aliphatic rings. The highest BCUT2D eigenvalue weighted by molar-refractivity contribution is 6.03. The number of rotatable bonds is 7. The number of fused-ring (bicyclic) bond motifs is 15. The smallest absolute Gasteiger partial charge is 0.315 e. The van der Waals surface area contributed by atoms with E-state index in [2.05, 4.69) is 112 Å². The van der Waals surface area contributed by atoms with E-state index in [4.69, 9.17) is 37.9 Å². The monoisotopic (exact) mass is 1830 g/mol. The van der Waals surface area contributed by atoms with E-state index < -0.39 is 39.6 Å². The minimum absolute atomic E-state index is 0.0692. The molecule has 10 heterocycles. The molecule has 5 aromatic heterocycles. The Morgan fingerprint density at radius 3 is 1.14 bits per heavy atom. The van der Waals surface area contributed by atoms with Crippen LogP contribution in [-0.4, -0.2) is 160 Å². The number of carbonyl (C=O) groups excluding carboxylic acids is 2. The summed E-state index contributed by atoms with van der Waals surface area (Å²) in [6.45, 7) is 16.1. The maximum absolute atomic E-state index is 13.4. The maximum atomic E-state index is 13.4. The Kier molecular flexibility index (Phi) is 22.1. The standard InChI is InChI=1S/C26H25FN2O2.C21H23FN2O3.C20H21FN4O.C20H19FN2O3.C20H21FN2O2/c27-22-8-10-23(11-9-22)29-24-15-21-7-4-12-26(30-13-14-31-26)25(21,17-20(24)18-28-29)16-19-5-2-1-3-6-19;1-19-12-14-13-23-24(16-5-3-15(22)4-6-16)17(14)11-18(19)20(2,25)7-8-21(19)26-9-10-27-21;1-19-10-13-11-23-25(16-6-4-15(21)5-7-16)17(13)9-14(19)3-2-8-20(19)12-22-18(26)24-20;1-19-11-13-12-22-23(15-4-2-14(21)3-5-15)17(13)10-16(19)18(24)6-7-20(19)25-8-9-26-20;1-19-12-14-13-22-23(17-6-4-16(21)5-7-17)18(14)11-15(19)3-2-8-20(19)24-9-10-25-20/h1-3,5-6,8-11,15,18H,4,7,12-14,16-17H2;3-6,11,13,25H,7-10,12H2,1-2H3;4-7,9,11H,2-3,8,10,12H2,1H3,(H2,22,24,26);2-5,10,12H,6-9,11H2,1H3;4-7,11,13H,2-3,8-10,12H2,1H3/t;19-,20?;19-,20+;2*19-/m.0000/s1. The number of halogens is 5. The zero-order valence-corrected chi connectivity index (χ0v) is 76.4. The number of ketones is 1. The van der Waals surface area contributed by atoms with Gasteiger partial charge in [-0.25, -0.2) is 50.2 Å². The number of hydrogen-bond donors (Lipinski definition) is 3. The number of aromatic nitrogens is 10. The summed E-state index contributed by atoms with van der Waals surface area (Å²) in [5.41, 5.74) is 19.2. The SMILES string of the molecule is CC1(O)CCC2(OCCO2)[C@@]2(C)Cc3cnn(-c4ccc(F)cc4)c3C=C12.C[C@]12Cc3cnn(-c4ccc(F)cc4)c3C=C1C(=O)CCC21OCCO1.C[C@]12Cc3cnn(-c4ccc(F)cc4)c3C=C1CCCC21OCCO1.C[C@]12Cc3cnn(-c4ccc(F)cc4)c3C=C1CCC[C@@]21CNC(=O)N1.Fc1ccc(-n2ncc3c2C=C2CCCC4(OCCO4)C2(Cc2ccccc2)C3)cc1. The van der Waals surface area contributed by atoms with Crippen LogP contribution in [0.15, 0.2) is 211 Å². The Labute approximate surface area is 779 Å². The second kappa shape index (κ2) is 33.6. The van der Waals surface area contributed by atoms with Gasteiger partial charge in [0.1, 0.15) is 29.1 Å². The van der Waals surface area contributed by atoms with Gasteiger partial charge in [-0.05, 0) is 294 Å². The van der Waals surface area contributed by atoms with Gasteiger partial charge in [-0.2, -0.15) is 25.5 Å². The highest BCUT2D eigenvalue weighted by Crippen LogP contribution is 2.63. The molecule has 26 rings (SSSR count). The highest BCUT2D eigenvalue weighted by atomic mass is 19.1. The number of nitrogens with one attached hydrogen (secondary N) is 2. The molecule has 10 fully saturated rings. The lowest BCUT2D eigenvalue weighted by atomic mass is 9.56. The van der Waals surface area contributed by atoms with Gasteiger partial charge in [0.2, 0.25) is 0 Å². The number of aliphatic hydroxyl groups is 1. The molecule has 698 valence electrons. The molecule has 5 saturated carbocycles. The fourth-order valence-electron chi connectivity index (χ4n) is 25.1. The molecule has 3 N–H and O–H groups in total. The van der Waals surface area contributed by atoms with Crippen LogP contribution in [0.2, 0.25) is 0 Å². The van der Waals surface area contributed by atoms with Crippen molar-refractivity contribution >= 4 is 42.2 Å². The van der Waals surface area contributed by atoms with E-state index in [1.807, 2.05) is 64.1 Å². The number of amides is 2. The summed E-state index contributed by atoms with van der Waals surface area (Å²) in [5.74, 6) is -3.67. The Morgan fingerprint density at radius 2 is 0.704 bits per heavy atom. The predicted molar refractivity (Wildman–Crippen MR) is 494 cm³/mol. The third kappa shape index (κ3) is 14.7. The number of urea groups is 1. The Bertz CT molecular complexity index is 6590. The molecule has 5 saturated heterocycles. The van der Waals surface area contributed by atoms with Gasteiger partial charge >= 0.3 is 6.03 Å². The van der Waals surface area contributed by atoms with Crippen LogP contribution in [0, 0.1) is 56.2 Å². The lowest BCUT2D eigenvalue weighted by Crippen LogP contribution is -2.60.